The third-order valence-corrected chi connectivity index (χ3v) is 6.34. The first-order valence-electron chi connectivity index (χ1n) is 8.12. The third-order valence-electron chi connectivity index (χ3n) is 4.14. The van der Waals surface area contributed by atoms with E-state index in [4.69, 9.17) is 9.47 Å². The largest absolute Gasteiger partial charge is 0.379 e. The van der Waals surface area contributed by atoms with Gasteiger partial charge in [-0.3, -0.25) is 4.79 Å². The Balaban J connectivity index is 2.12. The molecule has 1 aromatic carbocycles. The van der Waals surface area contributed by atoms with Gasteiger partial charge in [0.25, 0.3) is 5.91 Å². The van der Waals surface area contributed by atoms with Crippen LogP contribution in [0.15, 0.2) is 22.7 Å². The average Bonchev–Trinajstić information content (AvgIpc) is 2.75. The maximum Gasteiger partial charge on any atom is 0.255 e. The number of rotatable bonds is 8. The summed E-state index contributed by atoms with van der Waals surface area (Å²) in [6.45, 7) is 8.19. The Morgan fingerprint density at radius 2 is 2.08 bits per heavy atom. The molecule has 0 aromatic heterocycles. The Kier molecular flexibility index (Phi) is 6.61. The van der Waals surface area contributed by atoms with E-state index in [1.54, 1.807) is 4.90 Å². The van der Waals surface area contributed by atoms with Gasteiger partial charge in [-0.1, -0.05) is 41.6 Å². The van der Waals surface area contributed by atoms with E-state index in [0.29, 0.717) is 18.8 Å². The molecule has 1 amide bonds. The summed E-state index contributed by atoms with van der Waals surface area (Å²) < 4.78 is 11.7. The highest BCUT2D eigenvalue weighted by Crippen LogP contribution is 2.35. The second-order valence-corrected chi connectivity index (χ2v) is 13.8. The standard InChI is InChI=1S/C17H26BrNO4Si/c1-22-16(20)10-19-15(11-23-7-8-24(2,3)4)13-6-5-12(18)9-14(13)17(19)21/h5-6,9,15-16,20H,7-8,10-11H2,1-4H3. The number of hydrogen-bond donors (Lipinski definition) is 1. The van der Waals surface area contributed by atoms with Crippen molar-refractivity contribution in [1.82, 2.24) is 4.90 Å². The summed E-state index contributed by atoms with van der Waals surface area (Å²) in [5.41, 5.74) is 1.60. The molecule has 1 aromatic rings. The van der Waals surface area contributed by atoms with Gasteiger partial charge in [-0.2, -0.15) is 0 Å². The summed E-state index contributed by atoms with van der Waals surface area (Å²) in [4.78, 5) is 14.3. The smallest absolute Gasteiger partial charge is 0.255 e. The number of ether oxygens (including phenoxy) is 2. The number of aliphatic hydroxyl groups excluding tert-OH is 1. The van der Waals surface area contributed by atoms with E-state index in [1.807, 2.05) is 18.2 Å². The van der Waals surface area contributed by atoms with E-state index >= 15 is 0 Å². The lowest BCUT2D eigenvalue weighted by Gasteiger charge is -2.27. The van der Waals surface area contributed by atoms with Crippen LogP contribution < -0.4 is 0 Å². The maximum absolute atomic E-state index is 12.7. The average molecular weight is 416 g/mol. The Bertz CT molecular complexity index is 590. The normalized spacial score (nSPS) is 18.8. The first-order valence-corrected chi connectivity index (χ1v) is 12.6. The fourth-order valence-corrected chi connectivity index (χ4v) is 3.79. The van der Waals surface area contributed by atoms with Crippen LogP contribution in [0.3, 0.4) is 0 Å². The fourth-order valence-electron chi connectivity index (χ4n) is 2.67. The topological polar surface area (TPSA) is 59.0 Å². The third kappa shape index (κ3) is 4.89. The van der Waals surface area contributed by atoms with E-state index in [0.717, 1.165) is 16.1 Å². The van der Waals surface area contributed by atoms with Crippen molar-refractivity contribution in [2.45, 2.75) is 38.0 Å². The van der Waals surface area contributed by atoms with Crippen LogP contribution in [0.2, 0.25) is 25.7 Å². The van der Waals surface area contributed by atoms with Crippen LogP contribution in [-0.2, 0) is 9.47 Å². The minimum Gasteiger partial charge on any atom is -0.379 e. The molecule has 24 heavy (non-hydrogen) atoms. The molecule has 134 valence electrons. The fraction of sp³-hybridized carbons (Fsp3) is 0.588. The molecule has 1 N–H and O–H groups in total. The van der Waals surface area contributed by atoms with E-state index in [2.05, 4.69) is 35.6 Å². The zero-order valence-electron chi connectivity index (χ0n) is 14.7. The molecular weight excluding hydrogens is 390 g/mol. The van der Waals surface area contributed by atoms with Crippen LogP contribution in [0.25, 0.3) is 0 Å². The van der Waals surface area contributed by atoms with Crippen molar-refractivity contribution in [1.29, 1.82) is 0 Å². The van der Waals surface area contributed by atoms with Crippen LogP contribution in [-0.4, -0.2) is 57.1 Å². The lowest BCUT2D eigenvalue weighted by Crippen LogP contribution is -2.38. The number of nitrogens with zero attached hydrogens (tertiary/aromatic N) is 1. The van der Waals surface area contributed by atoms with Crippen LogP contribution in [0, 0.1) is 0 Å². The van der Waals surface area contributed by atoms with E-state index in [-0.39, 0.29) is 18.5 Å². The Morgan fingerprint density at radius 1 is 1.38 bits per heavy atom. The minimum atomic E-state index is -1.15. The summed E-state index contributed by atoms with van der Waals surface area (Å²) in [6, 6.07) is 6.60. The molecule has 2 atom stereocenters. The molecule has 1 aliphatic heterocycles. The van der Waals surface area contributed by atoms with Gasteiger partial charge in [-0.05, 0) is 23.7 Å². The van der Waals surface area contributed by atoms with Crippen LogP contribution >= 0.6 is 15.9 Å². The number of aliphatic hydroxyl groups is 1. The molecule has 5 nitrogen and oxygen atoms in total. The van der Waals surface area contributed by atoms with Gasteiger partial charge >= 0.3 is 0 Å². The van der Waals surface area contributed by atoms with Crippen LogP contribution in [0.1, 0.15) is 22.0 Å². The van der Waals surface area contributed by atoms with Gasteiger partial charge in [0.1, 0.15) is 0 Å². The molecule has 0 fully saturated rings. The summed E-state index contributed by atoms with van der Waals surface area (Å²) in [5.74, 6) is -0.0961. The molecule has 0 radical (unpaired) electrons. The zero-order valence-corrected chi connectivity index (χ0v) is 17.3. The SMILES string of the molecule is COC(O)CN1C(=O)c2cc(Br)ccc2C1COCC[Si](C)(C)C. The van der Waals surface area contributed by atoms with Crippen molar-refractivity contribution in [3.05, 3.63) is 33.8 Å². The Labute approximate surface area is 153 Å². The van der Waals surface area contributed by atoms with Gasteiger partial charge in [-0.15, -0.1) is 0 Å². The van der Waals surface area contributed by atoms with Crippen LogP contribution in [0.4, 0.5) is 0 Å². The van der Waals surface area contributed by atoms with Crippen molar-refractivity contribution in [3.8, 4) is 0 Å². The highest BCUT2D eigenvalue weighted by molar-refractivity contribution is 9.10. The first-order chi connectivity index (χ1) is 11.2. The van der Waals surface area contributed by atoms with Gasteiger partial charge in [-0.25, -0.2) is 0 Å². The molecule has 0 spiro atoms. The molecule has 0 saturated carbocycles. The molecule has 7 heteroatoms. The van der Waals surface area contributed by atoms with Gasteiger partial charge in [0.05, 0.1) is 19.2 Å². The Hall–Kier alpha value is -0.733. The summed E-state index contributed by atoms with van der Waals surface area (Å²) in [6.07, 6.45) is -1.00. The highest BCUT2D eigenvalue weighted by Gasteiger charge is 2.37. The molecule has 2 rings (SSSR count). The molecule has 1 aliphatic rings. The predicted octanol–water partition coefficient (Wildman–Crippen LogP) is 3.27. The lowest BCUT2D eigenvalue weighted by molar-refractivity contribution is -0.0924. The number of carbonyl (C=O) groups is 1. The van der Waals surface area contributed by atoms with Crippen molar-refractivity contribution in [2.75, 3.05) is 26.9 Å². The number of benzene rings is 1. The number of halogens is 1. The number of hydrogen-bond acceptors (Lipinski definition) is 4. The lowest BCUT2D eigenvalue weighted by atomic mass is 10.1. The molecule has 0 saturated heterocycles. The minimum absolute atomic E-state index is 0.0961. The summed E-state index contributed by atoms with van der Waals surface area (Å²) in [5, 5.41) is 9.81. The second-order valence-electron chi connectivity index (χ2n) is 7.28. The zero-order chi connectivity index (χ0) is 17.9. The molecular formula is C17H26BrNO4Si. The summed E-state index contributed by atoms with van der Waals surface area (Å²) >= 11 is 3.41. The first kappa shape index (κ1) is 19.6. The van der Waals surface area contributed by atoms with Crippen LogP contribution in [0.5, 0.6) is 0 Å². The van der Waals surface area contributed by atoms with Gasteiger partial charge in [0.2, 0.25) is 0 Å². The van der Waals surface area contributed by atoms with E-state index in [9.17, 15) is 9.90 Å². The van der Waals surface area contributed by atoms with Crippen molar-refractivity contribution >= 4 is 29.9 Å². The number of carbonyl (C=O) groups excluding carboxylic acids is 1. The molecule has 2 unspecified atom stereocenters. The quantitative estimate of drug-likeness (QED) is 0.402. The highest BCUT2D eigenvalue weighted by atomic mass is 79.9. The maximum atomic E-state index is 12.7. The number of fused-ring (bicyclic) bond motifs is 1. The monoisotopic (exact) mass is 415 g/mol. The second kappa shape index (κ2) is 8.10. The van der Waals surface area contributed by atoms with Gasteiger partial charge in [0, 0.05) is 31.8 Å². The summed E-state index contributed by atoms with van der Waals surface area (Å²) in [7, 11) is 0.278. The van der Waals surface area contributed by atoms with E-state index < -0.39 is 14.4 Å². The predicted molar refractivity (Wildman–Crippen MR) is 99.9 cm³/mol. The van der Waals surface area contributed by atoms with Gasteiger partial charge < -0.3 is 19.5 Å². The number of β-amino-alcohol motifs (C(OH)–C–C–N with tert-alkyl or cyclic N) is 1. The van der Waals surface area contributed by atoms with Crippen molar-refractivity contribution in [2.24, 2.45) is 0 Å². The Morgan fingerprint density at radius 3 is 2.71 bits per heavy atom. The molecule has 0 bridgehead atoms. The number of amides is 1. The van der Waals surface area contributed by atoms with Crippen molar-refractivity contribution < 1.29 is 19.4 Å². The van der Waals surface area contributed by atoms with E-state index in [1.165, 1.54) is 7.11 Å². The number of methoxy groups -OCH3 is 1. The molecule has 1 heterocycles. The molecule has 0 aliphatic carbocycles. The van der Waals surface area contributed by atoms with Crippen molar-refractivity contribution in [3.63, 3.8) is 0 Å². The van der Waals surface area contributed by atoms with Gasteiger partial charge in [0.15, 0.2) is 6.29 Å².